The van der Waals surface area contributed by atoms with Crippen LogP contribution in [0.5, 0.6) is 5.75 Å². The minimum atomic E-state index is -2.35. The number of carbonyl (C=O) groups is 4. The van der Waals surface area contributed by atoms with Crippen molar-refractivity contribution in [3.8, 4) is 5.75 Å². The van der Waals surface area contributed by atoms with E-state index < -0.39 is 53.3 Å². The summed E-state index contributed by atoms with van der Waals surface area (Å²) < 4.78 is 15.7. The summed E-state index contributed by atoms with van der Waals surface area (Å²) in [5.41, 5.74) is -4.75. The van der Waals surface area contributed by atoms with E-state index in [4.69, 9.17) is 14.2 Å². The maximum atomic E-state index is 13.5. The van der Waals surface area contributed by atoms with E-state index in [0.29, 0.717) is 0 Å². The molecule has 1 aromatic rings. The van der Waals surface area contributed by atoms with Crippen LogP contribution in [0, 0.1) is 10.1 Å². The van der Waals surface area contributed by atoms with Crippen molar-refractivity contribution in [2.45, 2.75) is 38.3 Å². The van der Waals surface area contributed by atoms with Gasteiger partial charge in [-0.25, -0.2) is 19.2 Å². The molecule has 14 nitrogen and oxygen atoms in total. The van der Waals surface area contributed by atoms with Crippen molar-refractivity contribution < 1.29 is 38.3 Å². The number of ether oxygens (including phenoxy) is 3. The second-order valence-corrected chi connectivity index (χ2v) is 7.40. The molecule has 0 unspecified atom stereocenters. The highest BCUT2D eigenvalue weighted by Crippen LogP contribution is 2.49. The Morgan fingerprint density at radius 1 is 1.03 bits per heavy atom. The van der Waals surface area contributed by atoms with Gasteiger partial charge in [-0.3, -0.25) is 19.9 Å². The highest BCUT2D eigenvalue weighted by molar-refractivity contribution is 6.09. The van der Waals surface area contributed by atoms with E-state index in [1.54, 1.807) is 0 Å². The Morgan fingerprint density at radius 2 is 1.58 bits per heavy atom. The summed E-state index contributed by atoms with van der Waals surface area (Å²) in [7, 11) is 1.34. The number of rotatable bonds is 6. The summed E-state index contributed by atoms with van der Waals surface area (Å²) in [6.45, 7) is 1.93. The summed E-state index contributed by atoms with van der Waals surface area (Å²) >= 11 is 0. The molecular weight excluding hydrogens is 442 g/mol. The number of nitrogens with zero attached hydrogens (tertiary/aromatic N) is 3. The van der Waals surface area contributed by atoms with E-state index in [2.05, 4.69) is 10.6 Å². The molecule has 2 saturated heterocycles. The Morgan fingerprint density at radius 3 is 2.09 bits per heavy atom. The topological polar surface area (TPSA) is 170 Å². The van der Waals surface area contributed by atoms with Crippen LogP contribution in [0.4, 0.5) is 15.3 Å². The van der Waals surface area contributed by atoms with Crippen molar-refractivity contribution in [3.63, 3.8) is 0 Å². The number of hydrogen-bond acceptors (Lipinski definition) is 9. The van der Waals surface area contributed by atoms with Gasteiger partial charge in [0.25, 0.3) is 17.0 Å². The monoisotopic (exact) mass is 463 g/mol. The molecule has 0 aliphatic carbocycles. The SMILES string of the molecule is CCOC(=O)[C@@]12NC(=O)N3Cc4c(OC)ccc([N+](=O)[O-])c4CN(C(=O)N1)[C@]32C(=O)OCC. The third-order valence-corrected chi connectivity index (χ3v) is 5.94. The third-order valence-electron chi connectivity index (χ3n) is 5.94. The van der Waals surface area contributed by atoms with Gasteiger partial charge in [0.1, 0.15) is 5.75 Å². The third kappa shape index (κ3) is 2.66. The fourth-order valence-electron chi connectivity index (χ4n) is 4.65. The van der Waals surface area contributed by atoms with Crippen molar-refractivity contribution in [2.24, 2.45) is 0 Å². The number of benzene rings is 1. The van der Waals surface area contributed by atoms with E-state index in [0.717, 1.165) is 9.80 Å². The molecule has 3 aliphatic heterocycles. The number of nitro groups is 1. The van der Waals surface area contributed by atoms with Gasteiger partial charge in [0, 0.05) is 11.6 Å². The standard InChI is InChI=1S/C19H21N5O9/c1-4-32-14(25)18-19(15(26)33-5-2)22(16(27)20-18)8-10-11(9-23(19)17(28)21-18)13(31-3)7-6-12(10)24(29)30/h6-7H,4-5,8-9H2,1-3H3,(H,20,27)(H,21,28)/t18-,19+/m0/s1. The van der Waals surface area contributed by atoms with Crippen LogP contribution in [-0.4, -0.2) is 70.4 Å². The normalized spacial score (nSPS) is 24.8. The summed E-state index contributed by atoms with van der Waals surface area (Å²) in [4.78, 5) is 65.8. The Hall–Kier alpha value is -4.10. The summed E-state index contributed by atoms with van der Waals surface area (Å²) in [6.07, 6.45) is 0. The highest BCUT2D eigenvalue weighted by Gasteiger charge is 2.82. The molecule has 2 atom stereocenters. The lowest BCUT2D eigenvalue weighted by Crippen LogP contribution is -2.74. The van der Waals surface area contributed by atoms with E-state index >= 15 is 0 Å². The number of amides is 4. The maximum Gasteiger partial charge on any atom is 0.358 e. The van der Waals surface area contributed by atoms with Gasteiger partial charge in [-0.2, -0.15) is 0 Å². The average Bonchev–Trinajstić information content (AvgIpc) is 3.06. The lowest BCUT2D eigenvalue weighted by Gasteiger charge is -2.40. The molecule has 0 saturated carbocycles. The number of nitrogens with one attached hydrogen (secondary N) is 2. The number of esters is 2. The van der Waals surface area contributed by atoms with Crippen molar-refractivity contribution in [1.82, 2.24) is 20.4 Å². The zero-order valence-corrected chi connectivity index (χ0v) is 18.0. The Bertz CT molecular complexity index is 1090. The minimum Gasteiger partial charge on any atom is -0.496 e. The van der Waals surface area contributed by atoms with Crippen molar-refractivity contribution >= 4 is 29.7 Å². The van der Waals surface area contributed by atoms with Gasteiger partial charge in [0.2, 0.25) is 0 Å². The van der Waals surface area contributed by atoms with Crippen LogP contribution >= 0.6 is 0 Å². The van der Waals surface area contributed by atoms with Gasteiger partial charge in [-0.15, -0.1) is 0 Å². The number of nitro benzene ring substituents is 1. The van der Waals surface area contributed by atoms with Gasteiger partial charge in [-0.1, -0.05) is 0 Å². The highest BCUT2D eigenvalue weighted by atomic mass is 16.6. The quantitative estimate of drug-likeness (QED) is 0.339. The number of carbonyl (C=O) groups excluding carboxylic acids is 4. The van der Waals surface area contributed by atoms with Crippen LogP contribution in [0.1, 0.15) is 25.0 Å². The second kappa shape index (κ2) is 7.50. The molecule has 4 rings (SSSR count). The van der Waals surface area contributed by atoms with Gasteiger partial charge < -0.3 is 24.8 Å². The first-order chi connectivity index (χ1) is 15.7. The van der Waals surface area contributed by atoms with Crippen molar-refractivity contribution in [2.75, 3.05) is 20.3 Å². The Balaban J connectivity index is 2.03. The molecule has 14 heteroatoms. The predicted octanol–water partition coefficient (Wildman–Crippen LogP) is 0.186. The largest absolute Gasteiger partial charge is 0.496 e. The average molecular weight is 463 g/mol. The smallest absolute Gasteiger partial charge is 0.358 e. The number of fused-ring (bicyclic) bond motifs is 1. The van der Waals surface area contributed by atoms with Crippen LogP contribution in [0.15, 0.2) is 12.1 Å². The number of hydrogen-bond donors (Lipinski definition) is 2. The molecule has 33 heavy (non-hydrogen) atoms. The summed E-state index contributed by atoms with van der Waals surface area (Å²) in [5.74, 6) is -1.96. The van der Waals surface area contributed by atoms with Crippen molar-refractivity contribution in [3.05, 3.63) is 33.4 Å². The van der Waals surface area contributed by atoms with E-state index in [1.807, 2.05) is 0 Å². The Kier molecular flexibility index (Phi) is 5.02. The van der Waals surface area contributed by atoms with Crippen LogP contribution < -0.4 is 15.4 Å². The molecule has 176 valence electrons. The lowest BCUT2D eigenvalue weighted by atomic mass is 9.93. The molecule has 4 amide bonds. The molecule has 2 N–H and O–H groups in total. The molecule has 1 aromatic carbocycles. The van der Waals surface area contributed by atoms with E-state index in [-0.39, 0.29) is 35.8 Å². The van der Waals surface area contributed by atoms with Gasteiger partial charge in [-0.05, 0) is 19.9 Å². The van der Waals surface area contributed by atoms with E-state index in [1.165, 1.54) is 33.1 Å². The number of urea groups is 2. The molecule has 2 fully saturated rings. The fourth-order valence-corrected chi connectivity index (χ4v) is 4.65. The molecule has 3 heterocycles. The molecule has 3 aliphatic rings. The molecule has 0 bridgehead atoms. The predicted molar refractivity (Wildman–Crippen MR) is 107 cm³/mol. The van der Waals surface area contributed by atoms with Crippen molar-refractivity contribution in [1.29, 1.82) is 0 Å². The van der Waals surface area contributed by atoms with Crippen LogP contribution in [-0.2, 0) is 32.2 Å². The zero-order valence-electron chi connectivity index (χ0n) is 18.0. The first-order valence-electron chi connectivity index (χ1n) is 10.1. The summed E-state index contributed by atoms with van der Waals surface area (Å²) in [5, 5.41) is 16.5. The lowest BCUT2D eigenvalue weighted by molar-refractivity contribution is -0.385. The number of methoxy groups -OCH3 is 1. The summed E-state index contributed by atoms with van der Waals surface area (Å²) in [6, 6.07) is 0.753. The zero-order chi connectivity index (χ0) is 24.1. The second-order valence-electron chi connectivity index (χ2n) is 7.40. The molecule has 0 aromatic heterocycles. The van der Waals surface area contributed by atoms with E-state index in [9.17, 15) is 29.3 Å². The van der Waals surface area contributed by atoms with Gasteiger partial charge in [0.15, 0.2) is 0 Å². The Labute approximate surface area is 186 Å². The minimum absolute atomic E-state index is 0.0556. The molecular formula is C19H21N5O9. The van der Waals surface area contributed by atoms with Gasteiger partial charge in [0.05, 0.1) is 43.9 Å². The fraction of sp³-hybridized carbons (Fsp3) is 0.474. The van der Waals surface area contributed by atoms with Crippen LogP contribution in [0.2, 0.25) is 0 Å². The molecule has 0 spiro atoms. The first kappa shape index (κ1) is 22.1. The van der Waals surface area contributed by atoms with Crippen LogP contribution in [0.3, 0.4) is 0 Å². The van der Waals surface area contributed by atoms with Crippen LogP contribution in [0.25, 0.3) is 0 Å². The van der Waals surface area contributed by atoms with Gasteiger partial charge >= 0.3 is 24.0 Å². The molecule has 0 radical (unpaired) electrons. The maximum absolute atomic E-state index is 13.5. The first-order valence-corrected chi connectivity index (χ1v) is 10.1.